The van der Waals surface area contributed by atoms with Crippen LogP contribution in [0.5, 0.6) is 0 Å². The Balaban J connectivity index is 2.72. The maximum Gasteiger partial charge on any atom is 0.343 e. The van der Waals surface area contributed by atoms with Crippen molar-refractivity contribution < 1.29 is 19.0 Å². The first kappa shape index (κ1) is 16.0. The molecule has 0 spiro atoms. The molecule has 1 N–H and O–H groups in total. The molecule has 2 aromatic rings. The number of nitrogens with zero attached hydrogens (tertiary/aromatic N) is 1. The lowest BCUT2D eigenvalue weighted by atomic mass is 9.92. The fraction of sp³-hybridized carbons (Fsp3) is 0.200. The predicted octanol–water partition coefficient (Wildman–Crippen LogP) is -0.0960. The Hall–Kier alpha value is -2.41. The molecule has 0 amide bonds. The molecule has 1 aromatic carbocycles. The summed E-state index contributed by atoms with van der Waals surface area (Å²) in [5, 5.41) is 9.52. The van der Waals surface area contributed by atoms with Crippen LogP contribution in [0.3, 0.4) is 0 Å². The lowest BCUT2D eigenvalue weighted by Crippen LogP contribution is -2.34. The number of ether oxygens (including phenoxy) is 1. The van der Waals surface area contributed by atoms with E-state index in [1.165, 1.54) is 34.9 Å². The molecule has 2 rings (SSSR count). The number of aliphatic hydroxyl groups excluding tert-OH is 1. The molecule has 0 aliphatic carbocycles. The van der Waals surface area contributed by atoms with Gasteiger partial charge in [-0.2, -0.15) is 0 Å². The van der Waals surface area contributed by atoms with Crippen molar-refractivity contribution in [1.82, 2.24) is 4.57 Å². The molecule has 0 unspecified atom stereocenters. The minimum atomic E-state index is -0.726. The van der Waals surface area contributed by atoms with E-state index in [0.29, 0.717) is 16.8 Å². The Bertz CT molecular complexity index is 755. The number of rotatable bonds is 4. The van der Waals surface area contributed by atoms with E-state index in [9.17, 15) is 19.1 Å². The van der Waals surface area contributed by atoms with Crippen molar-refractivity contribution in [2.24, 2.45) is 0 Å². The van der Waals surface area contributed by atoms with Crippen LogP contribution in [0.1, 0.15) is 23.0 Å². The van der Waals surface area contributed by atoms with E-state index in [1.54, 1.807) is 14.8 Å². The molecule has 0 radical (unpaired) electrons. The predicted molar refractivity (Wildman–Crippen MR) is 82.1 cm³/mol. The lowest BCUT2D eigenvalue weighted by Gasteiger charge is -2.16. The smallest absolute Gasteiger partial charge is 0.343 e. The quantitative estimate of drug-likeness (QED) is 0.633. The zero-order valence-electron chi connectivity index (χ0n) is 12.3. The summed E-state index contributed by atoms with van der Waals surface area (Å²) in [6.07, 6.45) is 0. The molecule has 7 heteroatoms. The van der Waals surface area contributed by atoms with Gasteiger partial charge in [0.15, 0.2) is 0 Å². The normalized spacial score (nSPS) is 10.5. The van der Waals surface area contributed by atoms with E-state index in [0.717, 1.165) is 0 Å². The van der Waals surface area contributed by atoms with Crippen molar-refractivity contribution in [2.45, 2.75) is 13.5 Å². The van der Waals surface area contributed by atoms with Gasteiger partial charge >= 0.3 is 5.97 Å². The highest BCUT2D eigenvalue weighted by Gasteiger charge is 2.19. The van der Waals surface area contributed by atoms with Crippen LogP contribution in [-0.2, 0) is 11.3 Å². The molecule has 0 aliphatic heterocycles. The summed E-state index contributed by atoms with van der Waals surface area (Å²) in [6, 6.07) is 6.62. The van der Waals surface area contributed by atoms with E-state index in [2.05, 4.69) is 0 Å². The molecule has 0 atom stereocenters. The molecule has 0 saturated heterocycles. The number of benzene rings is 1. The summed E-state index contributed by atoms with van der Waals surface area (Å²) < 4.78 is 19.1. The monoisotopic (exact) mass is 303 g/mol. The number of esters is 1. The molecule has 0 fully saturated rings. The van der Waals surface area contributed by atoms with Crippen LogP contribution in [-0.4, -0.2) is 30.1 Å². The number of aliphatic hydroxyl groups is 1. The Morgan fingerprint density at radius 1 is 1.36 bits per heavy atom. The van der Waals surface area contributed by atoms with Gasteiger partial charge in [0.1, 0.15) is 19.2 Å². The molecular formula is C15H15BFNO4. The van der Waals surface area contributed by atoms with Crippen molar-refractivity contribution in [2.75, 3.05) is 6.61 Å². The first-order chi connectivity index (χ1) is 10.5. The number of hydrogen-bond donors (Lipinski definition) is 1. The Kier molecular flexibility index (Phi) is 4.77. The zero-order valence-corrected chi connectivity index (χ0v) is 12.3. The molecule has 1 heterocycles. The van der Waals surface area contributed by atoms with Crippen LogP contribution in [0.2, 0.25) is 0 Å². The highest BCUT2D eigenvalue weighted by atomic mass is 19.1. The second kappa shape index (κ2) is 6.57. The number of hydrogen-bond acceptors (Lipinski definition) is 4. The number of carbonyl (C=O) groups excluding carboxylic acids is 1. The van der Waals surface area contributed by atoms with E-state index >= 15 is 0 Å². The largest absolute Gasteiger partial charge is 0.462 e. The van der Waals surface area contributed by atoms with Crippen LogP contribution in [0.25, 0.3) is 5.69 Å². The van der Waals surface area contributed by atoms with E-state index in [4.69, 9.17) is 4.74 Å². The Morgan fingerprint density at radius 2 is 2.00 bits per heavy atom. The zero-order chi connectivity index (χ0) is 16.3. The summed E-state index contributed by atoms with van der Waals surface area (Å²) in [7, 11) is 1.67. The summed E-state index contributed by atoms with van der Waals surface area (Å²) in [5.74, 6) is -1.17. The van der Waals surface area contributed by atoms with Gasteiger partial charge in [0.25, 0.3) is 5.56 Å². The van der Waals surface area contributed by atoms with Crippen LogP contribution < -0.4 is 11.0 Å². The number of aromatic nitrogens is 1. The minimum absolute atomic E-state index is 0.124. The van der Waals surface area contributed by atoms with Crippen LogP contribution in [0.15, 0.2) is 35.1 Å². The molecule has 0 bridgehead atoms. The van der Waals surface area contributed by atoms with Gasteiger partial charge in [-0.1, -0.05) is 5.46 Å². The summed E-state index contributed by atoms with van der Waals surface area (Å²) >= 11 is 0. The number of pyridine rings is 1. The fourth-order valence-corrected chi connectivity index (χ4v) is 2.19. The van der Waals surface area contributed by atoms with Gasteiger partial charge in [0.05, 0.1) is 13.2 Å². The van der Waals surface area contributed by atoms with Crippen molar-refractivity contribution in [3.63, 3.8) is 0 Å². The first-order valence-electron chi connectivity index (χ1n) is 6.79. The molecule has 22 heavy (non-hydrogen) atoms. The van der Waals surface area contributed by atoms with Crippen molar-refractivity contribution in [1.29, 1.82) is 0 Å². The molecular weight excluding hydrogens is 288 g/mol. The maximum atomic E-state index is 13.1. The third-order valence-corrected chi connectivity index (χ3v) is 3.25. The van der Waals surface area contributed by atoms with Crippen LogP contribution in [0, 0.1) is 5.82 Å². The first-order valence-corrected chi connectivity index (χ1v) is 6.79. The highest BCUT2D eigenvalue weighted by molar-refractivity contribution is 6.33. The lowest BCUT2D eigenvalue weighted by molar-refractivity contribution is 0.0524. The second-order valence-corrected chi connectivity index (χ2v) is 4.68. The van der Waals surface area contributed by atoms with Gasteiger partial charge < -0.3 is 9.84 Å². The van der Waals surface area contributed by atoms with Gasteiger partial charge in [-0.3, -0.25) is 9.36 Å². The van der Waals surface area contributed by atoms with Crippen molar-refractivity contribution in [3.8, 4) is 5.69 Å². The van der Waals surface area contributed by atoms with E-state index in [-0.39, 0.29) is 18.8 Å². The molecule has 0 saturated carbocycles. The Morgan fingerprint density at radius 3 is 2.55 bits per heavy atom. The topological polar surface area (TPSA) is 68.5 Å². The van der Waals surface area contributed by atoms with Crippen LogP contribution in [0.4, 0.5) is 4.39 Å². The average Bonchev–Trinajstić information content (AvgIpc) is 2.50. The van der Waals surface area contributed by atoms with E-state index < -0.39 is 17.3 Å². The van der Waals surface area contributed by atoms with Gasteiger partial charge in [0.2, 0.25) is 0 Å². The van der Waals surface area contributed by atoms with Gasteiger partial charge in [-0.05, 0) is 37.3 Å². The molecule has 1 aromatic heterocycles. The number of halogens is 1. The third kappa shape index (κ3) is 2.94. The van der Waals surface area contributed by atoms with E-state index in [1.807, 2.05) is 0 Å². The average molecular weight is 303 g/mol. The SMILES string of the molecule is Bc1cc(C(=O)OCC)c(=O)n(-c2ccc(F)cc2)c1CO. The van der Waals surface area contributed by atoms with Gasteiger partial charge in [0, 0.05) is 11.4 Å². The fourth-order valence-electron chi connectivity index (χ4n) is 2.19. The summed E-state index contributed by atoms with van der Waals surface area (Å²) in [6.45, 7) is 1.41. The molecule has 0 aliphatic rings. The molecule has 114 valence electrons. The second-order valence-electron chi connectivity index (χ2n) is 4.68. The minimum Gasteiger partial charge on any atom is -0.462 e. The van der Waals surface area contributed by atoms with Gasteiger partial charge in [-0.25, -0.2) is 9.18 Å². The number of carbonyl (C=O) groups is 1. The third-order valence-electron chi connectivity index (χ3n) is 3.25. The molecule has 5 nitrogen and oxygen atoms in total. The highest BCUT2D eigenvalue weighted by Crippen LogP contribution is 2.10. The van der Waals surface area contributed by atoms with Gasteiger partial charge in [-0.15, -0.1) is 0 Å². The standard InChI is InChI=1S/C15H15BFNO4/c1-2-22-15(21)11-7-12(16)13(8-19)18(14(11)20)10-5-3-9(17)4-6-10/h3-7,19H,2,8,16H2,1H3. The summed E-state index contributed by atoms with van der Waals surface area (Å²) in [4.78, 5) is 24.5. The van der Waals surface area contributed by atoms with Crippen molar-refractivity contribution >= 4 is 19.3 Å². The maximum absolute atomic E-state index is 13.1. The Labute approximate surface area is 127 Å². The van der Waals surface area contributed by atoms with Crippen molar-refractivity contribution in [3.05, 3.63) is 57.8 Å². The van der Waals surface area contributed by atoms with Crippen LogP contribution >= 0.6 is 0 Å². The summed E-state index contributed by atoms with van der Waals surface area (Å²) in [5.41, 5.74) is 0.532.